The van der Waals surface area contributed by atoms with Crippen LogP contribution >= 0.6 is 0 Å². The van der Waals surface area contributed by atoms with Crippen molar-refractivity contribution in [2.75, 3.05) is 39.4 Å². The number of rotatable bonds is 5. The molecule has 2 fully saturated rings. The van der Waals surface area contributed by atoms with Gasteiger partial charge in [-0.25, -0.2) is 23.5 Å². The molecule has 0 unspecified atom stereocenters. The van der Waals surface area contributed by atoms with E-state index in [4.69, 9.17) is 9.88 Å². The number of nitrogens with two attached hydrogens (primary N) is 1. The first-order chi connectivity index (χ1) is 13.9. The molecule has 1 saturated carbocycles. The lowest BCUT2D eigenvalue weighted by Crippen LogP contribution is -2.37. The maximum atomic E-state index is 10.9. The molecule has 0 amide bonds. The van der Waals surface area contributed by atoms with Crippen molar-refractivity contribution in [2.24, 2.45) is 15.1 Å². The lowest BCUT2D eigenvalue weighted by molar-refractivity contribution is 0.0395. The summed E-state index contributed by atoms with van der Waals surface area (Å²) in [6.45, 7) is 9.39. The van der Waals surface area contributed by atoms with Gasteiger partial charge in [0.25, 0.3) is 0 Å². The first-order valence-electron chi connectivity index (χ1n) is 10.4. The van der Waals surface area contributed by atoms with E-state index >= 15 is 0 Å². The third kappa shape index (κ3) is 9.19. The molecular formula is C21H34N4O3S. The first kappa shape index (κ1) is 23.7. The van der Waals surface area contributed by atoms with Crippen LogP contribution < -0.4 is 5.14 Å². The fraction of sp³-hybridized carbons (Fsp3) is 0.667. The zero-order valence-corrected chi connectivity index (χ0v) is 18.5. The zero-order chi connectivity index (χ0) is 21.1. The molecule has 0 radical (unpaired) electrons. The van der Waals surface area contributed by atoms with Crippen LogP contribution in [0.1, 0.15) is 43.2 Å². The lowest BCUT2D eigenvalue weighted by atomic mass is 9.96. The number of benzene rings is 1. The number of sulfonamides is 1. The highest BCUT2D eigenvalue weighted by Crippen LogP contribution is 2.19. The molecule has 0 spiro atoms. The Morgan fingerprint density at radius 2 is 1.83 bits per heavy atom. The molecule has 1 aliphatic heterocycles. The van der Waals surface area contributed by atoms with Crippen molar-refractivity contribution in [3.63, 3.8) is 0 Å². The van der Waals surface area contributed by atoms with Crippen LogP contribution in [-0.4, -0.2) is 64.8 Å². The quantitative estimate of drug-likeness (QED) is 0.738. The molecule has 1 heterocycles. The minimum absolute atomic E-state index is 0.172. The number of hydrogen-bond acceptors (Lipinski definition) is 6. The van der Waals surface area contributed by atoms with Crippen molar-refractivity contribution in [3.8, 4) is 0 Å². The van der Waals surface area contributed by atoms with E-state index in [9.17, 15) is 8.42 Å². The van der Waals surface area contributed by atoms with Gasteiger partial charge in [0.2, 0.25) is 10.0 Å². The Labute approximate surface area is 175 Å². The minimum atomic E-state index is -3.54. The molecule has 2 aliphatic rings. The Bertz CT molecular complexity index is 792. The molecule has 162 valence electrons. The van der Waals surface area contributed by atoms with Gasteiger partial charge in [0, 0.05) is 19.6 Å². The zero-order valence-electron chi connectivity index (χ0n) is 17.6. The summed E-state index contributed by atoms with van der Waals surface area (Å²) in [6, 6.07) is 8.21. The molecule has 1 aromatic rings. The molecule has 7 nitrogen and oxygen atoms in total. The number of nitrogens with zero attached hydrogens (tertiary/aromatic N) is 3. The summed E-state index contributed by atoms with van der Waals surface area (Å²) in [6.07, 6.45) is 6.48. The van der Waals surface area contributed by atoms with Gasteiger partial charge in [-0.1, -0.05) is 25.3 Å². The standard InChI is InChI=1S/C13H23N3O.C8H11NO2S/c1-2-4-13(5-3-1)15-12-14-6-7-16-8-10-17-11-9-16;1-6-3-4-8(5-7(6)2)12(9,10)11/h13H,1-11H2;3-5H,1-2H3,(H2,9,10,11). The van der Waals surface area contributed by atoms with E-state index in [1.807, 2.05) is 13.8 Å². The van der Waals surface area contributed by atoms with Crippen LogP contribution in [0.5, 0.6) is 0 Å². The van der Waals surface area contributed by atoms with E-state index < -0.39 is 10.0 Å². The Kier molecular flexibility index (Phi) is 9.97. The van der Waals surface area contributed by atoms with Gasteiger partial charge in [0.05, 0.1) is 36.7 Å². The minimum Gasteiger partial charge on any atom is -0.379 e. The molecule has 0 atom stereocenters. The summed E-state index contributed by atoms with van der Waals surface area (Å²) in [5.41, 5.74) is 1.99. The van der Waals surface area contributed by atoms with E-state index in [1.54, 1.807) is 12.1 Å². The normalized spacial score (nSPS) is 18.3. The fourth-order valence-corrected chi connectivity index (χ4v) is 3.89. The molecule has 0 aromatic heterocycles. The second-order valence-electron chi connectivity index (χ2n) is 7.65. The van der Waals surface area contributed by atoms with Crippen molar-refractivity contribution in [3.05, 3.63) is 29.3 Å². The Hall–Kier alpha value is -1.57. The lowest BCUT2D eigenvalue weighted by Gasteiger charge is -2.25. The van der Waals surface area contributed by atoms with E-state index in [-0.39, 0.29) is 4.90 Å². The van der Waals surface area contributed by atoms with Crippen molar-refractivity contribution in [2.45, 2.75) is 56.9 Å². The number of primary sulfonamides is 1. The average molecular weight is 423 g/mol. The van der Waals surface area contributed by atoms with Crippen molar-refractivity contribution in [1.82, 2.24) is 4.90 Å². The largest absolute Gasteiger partial charge is 0.379 e. The van der Waals surface area contributed by atoms with Gasteiger partial charge in [-0.2, -0.15) is 0 Å². The average Bonchev–Trinajstić information content (AvgIpc) is 2.71. The van der Waals surface area contributed by atoms with Gasteiger partial charge in [0.15, 0.2) is 0 Å². The second kappa shape index (κ2) is 12.2. The van der Waals surface area contributed by atoms with E-state index in [0.717, 1.165) is 50.5 Å². The number of aliphatic imine (C=N–C) groups is 2. The highest BCUT2D eigenvalue weighted by Gasteiger charge is 2.11. The predicted molar refractivity (Wildman–Crippen MR) is 116 cm³/mol. The van der Waals surface area contributed by atoms with E-state index in [0.29, 0.717) is 6.04 Å². The van der Waals surface area contributed by atoms with Gasteiger partial charge >= 0.3 is 0 Å². The summed E-state index contributed by atoms with van der Waals surface area (Å²) in [4.78, 5) is 11.2. The summed E-state index contributed by atoms with van der Waals surface area (Å²) in [7, 11) is -3.54. The fourth-order valence-electron chi connectivity index (χ4n) is 3.29. The van der Waals surface area contributed by atoms with Crippen molar-refractivity contribution in [1.29, 1.82) is 0 Å². The maximum Gasteiger partial charge on any atom is 0.238 e. The highest BCUT2D eigenvalue weighted by atomic mass is 32.2. The molecule has 2 N–H and O–H groups in total. The summed E-state index contributed by atoms with van der Waals surface area (Å²) >= 11 is 0. The van der Waals surface area contributed by atoms with Crippen LogP contribution in [0.15, 0.2) is 33.1 Å². The molecule has 29 heavy (non-hydrogen) atoms. The molecular weight excluding hydrogens is 388 g/mol. The number of morpholine rings is 1. The topological polar surface area (TPSA) is 97.3 Å². The monoisotopic (exact) mass is 422 g/mol. The third-order valence-corrected chi connectivity index (χ3v) is 6.24. The predicted octanol–water partition coefficient (Wildman–Crippen LogP) is 2.78. The molecule has 0 bridgehead atoms. The number of hydrogen-bond donors (Lipinski definition) is 1. The molecule has 1 saturated heterocycles. The van der Waals surface area contributed by atoms with Gasteiger partial charge in [-0.05, 0) is 49.9 Å². The summed E-state index contributed by atoms with van der Waals surface area (Å²) in [5, 5.41) is 4.95. The van der Waals surface area contributed by atoms with Gasteiger partial charge < -0.3 is 4.74 Å². The van der Waals surface area contributed by atoms with E-state index in [2.05, 4.69) is 20.9 Å². The molecule has 8 heteroatoms. The van der Waals surface area contributed by atoms with E-state index in [1.165, 1.54) is 38.2 Å². The van der Waals surface area contributed by atoms with Crippen molar-refractivity contribution < 1.29 is 13.2 Å². The summed E-state index contributed by atoms with van der Waals surface area (Å²) in [5.74, 6) is 0. The Morgan fingerprint density at radius 3 is 2.45 bits per heavy atom. The molecule has 3 rings (SSSR count). The van der Waals surface area contributed by atoms with Gasteiger partial charge in [-0.15, -0.1) is 0 Å². The van der Waals surface area contributed by atoms with Crippen LogP contribution in [0.2, 0.25) is 0 Å². The molecule has 1 aliphatic carbocycles. The third-order valence-electron chi connectivity index (χ3n) is 5.32. The summed E-state index contributed by atoms with van der Waals surface area (Å²) < 4.78 is 27.0. The Balaban J connectivity index is 0.000000221. The van der Waals surface area contributed by atoms with Gasteiger partial charge in [0.1, 0.15) is 0 Å². The maximum absolute atomic E-state index is 10.9. The van der Waals surface area contributed by atoms with Crippen LogP contribution in [0.4, 0.5) is 0 Å². The number of aryl methyl sites for hydroxylation is 2. The highest BCUT2D eigenvalue weighted by molar-refractivity contribution is 7.89. The van der Waals surface area contributed by atoms with Crippen LogP contribution in [0, 0.1) is 13.8 Å². The van der Waals surface area contributed by atoms with Crippen LogP contribution in [-0.2, 0) is 14.8 Å². The SMILES string of the molecule is C(=NCCN1CCOCC1)=NC1CCCCC1.Cc1ccc(S(N)(=O)=O)cc1C. The van der Waals surface area contributed by atoms with Crippen LogP contribution in [0.25, 0.3) is 0 Å². The number of ether oxygens (including phenoxy) is 1. The second-order valence-corrected chi connectivity index (χ2v) is 9.21. The van der Waals surface area contributed by atoms with Crippen LogP contribution in [0.3, 0.4) is 0 Å². The van der Waals surface area contributed by atoms with Crippen molar-refractivity contribution >= 4 is 16.0 Å². The molecule has 1 aromatic carbocycles. The van der Waals surface area contributed by atoms with Gasteiger partial charge in [-0.3, -0.25) is 4.90 Å². The Morgan fingerprint density at radius 1 is 1.14 bits per heavy atom. The smallest absolute Gasteiger partial charge is 0.238 e. The first-order valence-corrected chi connectivity index (χ1v) is 11.9.